The third-order valence-corrected chi connectivity index (χ3v) is 3.53. The van der Waals surface area contributed by atoms with Crippen molar-refractivity contribution >= 4 is 5.78 Å². The number of ketones is 1. The first kappa shape index (κ1) is 13.1. The molecular formula is C17H22O. The average Bonchev–Trinajstić information content (AvgIpc) is 2.27. The highest BCUT2D eigenvalue weighted by Crippen LogP contribution is 2.35. The smallest absolute Gasteiger partial charge is 0.156 e. The molecule has 1 nitrogen and oxygen atoms in total. The summed E-state index contributed by atoms with van der Waals surface area (Å²) in [6.45, 7) is 4.38. The summed E-state index contributed by atoms with van der Waals surface area (Å²) in [4.78, 5) is 11.6. The highest BCUT2D eigenvalue weighted by molar-refractivity contribution is 5.91. The molecular weight excluding hydrogens is 220 g/mol. The van der Waals surface area contributed by atoms with E-state index in [-0.39, 0.29) is 5.41 Å². The molecule has 0 atom stereocenters. The molecule has 0 bridgehead atoms. The van der Waals surface area contributed by atoms with Crippen molar-refractivity contribution in [2.24, 2.45) is 5.41 Å². The minimum Gasteiger partial charge on any atom is -0.295 e. The van der Waals surface area contributed by atoms with Gasteiger partial charge in [0.2, 0.25) is 0 Å². The van der Waals surface area contributed by atoms with Gasteiger partial charge in [-0.3, -0.25) is 4.79 Å². The van der Waals surface area contributed by atoms with E-state index in [2.05, 4.69) is 38.1 Å². The van der Waals surface area contributed by atoms with Gasteiger partial charge < -0.3 is 0 Å². The number of hydrogen-bond donors (Lipinski definition) is 0. The Bertz CT molecular complexity index is 440. The van der Waals surface area contributed by atoms with E-state index in [1.165, 1.54) is 11.1 Å². The Hall–Kier alpha value is -1.37. The van der Waals surface area contributed by atoms with Crippen LogP contribution in [0, 0.1) is 5.41 Å². The molecule has 0 radical (unpaired) electrons. The van der Waals surface area contributed by atoms with Crippen LogP contribution in [0.5, 0.6) is 0 Å². The summed E-state index contributed by atoms with van der Waals surface area (Å²) < 4.78 is 0. The van der Waals surface area contributed by atoms with Gasteiger partial charge in [0.05, 0.1) is 0 Å². The molecule has 18 heavy (non-hydrogen) atoms. The van der Waals surface area contributed by atoms with Crippen molar-refractivity contribution < 1.29 is 4.79 Å². The summed E-state index contributed by atoms with van der Waals surface area (Å²) in [7, 11) is 0. The van der Waals surface area contributed by atoms with Crippen LogP contribution >= 0.6 is 0 Å². The van der Waals surface area contributed by atoms with E-state index in [1.807, 2.05) is 12.1 Å². The van der Waals surface area contributed by atoms with Crippen LogP contribution in [-0.4, -0.2) is 5.78 Å². The quantitative estimate of drug-likeness (QED) is 0.768. The third kappa shape index (κ3) is 3.83. The SMILES string of the molecule is CC1(C)CC(=O)C=C(CCCc2ccccc2)C1. The van der Waals surface area contributed by atoms with Crippen molar-refractivity contribution in [1.29, 1.82) is 0 Å². The molecule has 0 saturated carbocycles. The van der Waals surface area contributed by atoms with Crippen molar-refractivity contribution in [3.05, 3.63) is 47.5 Å². The summed E-state index contributed by atoms with van der Waals surface area (Å²) >= 11 is 0. The van der Waals surface area contributed by atoms with Crippen molar-refractivity contribution in [3.8, 4) is 0 Å². The van der Waals surface area contributed by atoms with Crippen LogP contribution in [0.4, 0.5) is 0 Å². The summed E-state index contributed by atoms with van der Waals surface area (Å²) in [5, 5.41) is 0. The Morgan fingerprint density at radius 2 is 1.78 bits per heavy atom. The normalized spacial score (nSPS) is 18.6. The van der Waals surface area contributed by atoms with Crippen LogP contribution in [0.15, 0.2) is 42.0 Å². The fraction of sp³-hybridized carbons (Fsp3) is 0.471. The fourth-order valence-electron chi connectivity index (χ4n) is 2.80. The molecule has 0 fully saturated rings. The predicted molar refractivity (Wildman–Crippen MR) is 75.5 cm³/mol. The molecule has 0 N–H and O–H groups in total. The molecule has 0 aliphatic heterocycles. The maximum Gasteiger partial charge on any atom is 0.156 e. The zero-order valence-electron chi connectivity index (χ0n) is 11.4. The number of carbonyl (C=O) groups excluding carboxylic acids is 1. The van der Waals surface area contributed by atoms with Crippen LogP contribution in [-0.2, 0) is 11.2 Å². The number of rotatable bonds is 4. The molecule has 1 aliphatic rings. The maximum absolute atomic E-state index is 11.6. The first-order valence-electron chi connectivity index (χ1n) is 6.81. The number of allylic oxidation sites excluding steroid dienone is 2. The number of hydrogen-bond acceptors (Lipinski definition) is 1. The van der Waals surface area contributed by atoms with Crippen molar-refractivity contribution in [2.75, 3.05) is 0 Å². The van der Waals surface area contributed by atoms with Gasteiger partial charge in [0.15, 0.2) is 5.78 Å². The van der Waals surface area contributed by atoms with Gasteiger partial charge in [0, 0.05) is 6.42 Å². The standard InChI is InChI=1S/C17H22O/c1-17(2)12-15(11-16(18)13-17)10-6-9-14-7-4-3-5-8-14/h3-5,7-8,11H,6,9-10,12-13H2,1-2H3. The second kappa shape index (κ2) is 5.51. The first-order chi connectivity index (χ1) is 8.55. The lowest BCUT2D eigenvalue weighted by Gasteiger charge is -2.28. The lowest BCUT2D eigenvalue weighted by molar-refractivity contribution is -0.117. The topological polar surface area (TPSA) is 17.1 Å². The van der Waals surface area contributed by atoms with E-state index < -0.39 is 0 Å². The van der Waals surface area contributed by atoms with E-state index in [0.717, 1.165) is 25.7 Å². The van der Waals surface area contributed by atoms with Gasteiger partial charge in [-0.25, -0.2) is 0 Å². The zero-order valence-corrected chi connectivity index (χ0v) is 11.4. The minimum atomic E-state index is 0.161. The van der Waals surface area contributed by atoms with Crippen LogP contribution in [0.1, 0.15) is 45.1 Å². The van der Waals surface area contributed by atoms with Gasteiger partial charge in [0.25, 0.3) is 0 Å². The molecule has 0 heterocycles. The van der Waals surface area contributed by atoms with Gasteiger partial charge in [-0.05, 0) is 42.7 Å². The lowest BCUT2D eigenvalue weighted by Crippen LogP contribution is -2.21. The molecule has 1 heteroatoms. The van der Waals surface area contributed by atoms with Gasteiger partial charge in [-0.2, -0.15) is 0 Å². The van der Waals surface area contributed by atoms with E-state index in [4.69, 9.17) is 0 Å². The summed E-state index contributed by atoms with van der Waals surface area (Å²) in [6, 6.07) is 10.6. The second-order valence-electron chi connectivity index (χ2n) is 6.13. The predicted octanol–water partition coefficient (Wildman–Crippen LogP) is 4.32. The Morgan fingerprint density at radius 3 is 2.44 bits per heavy atom. The number of aryl methyl sites for hydroxylation is 1. The number of carbonyl (C=O) groups is 1. The Morgan fingerprint density at radius 1 is 1.06 bits per heavy atom. The number of benzene rings is 1. The average molecular weight is 242 g/mol. The summed E-state index contributed by atoms with van der Waals surface area (Å²) in [6.07, 6.45) is 6.97. The molecule has 96 valence electrons. The molecule has 1 aromatic carbocycles. The van der Waals surface area contributed by atoms with Gasteiger partial charge in [0.1, 0.15) is 0 Å². The van der Waals surface area contributed by atoms with Gasteiger partial charge in [-0.1, -0.05) is 49.8 Å². The van der Waals surface area contributed by atoms with Crippen molar-refractivity contribution in [1.82, 2.24) is 0 Å². The largest absolute Gasteiger partial charge is 0.295 e. The van der Waals surface area contributed by atoms with E-state index >= 15 is 0 Å². The molecule has 1 aliphatic carbocycles. The van der Waals surface area contributed by atoms with E-state index in [1.54, 1.807) is 0 Å². The summed E-state index contributed by atoms with van der Waals surface area (Å²) in [5.74, 6) is 0.306. The van der Waals surface area contributed by atoms with Crippen LogP contribution in [0.2, 0.25) is 0 Å². The van der Waals surface area contributed by atoms with Gasteiger partial charge in [-0.15, -0.1) is 0 Å². The highest BCUT2D eigenvalue weighted by atomic mass is 16.1. The molecule has 0 amide bonds. The molecule has 1 aromatic rings. The maximum atomic E-state index is 11.6. The van der Waals surface area contributed by atoms with Crippen LogP contribution in [0.25, 0.3) is 0 Å². The Balaban J connectivity index is 1.85. The Kier molecular flexibility index (Phi) is 4.00. The van der Waals surface area contributed by atoms with Crippen molar-refractivity contribution in [2.45, 2.75) is 46.0 Å². The van der Waals surface area contributed by atoms with Crippen molar-refractivity contribution in [3.63, 3.8) is 0 Å². The Labute approximate surface area is 110 Å². The lowest BCUT2D eigenvalue weighted by atomic mass is 9.76. The molecule has 0 spiro atoms. The highest BCUT2D eigenvalue weighted by Gasteiger charge is 2.26. The monoisotopic (exact) mass is 242 g/mol. The van der Waals surface area contributed by atoms with E-state index in [0.29, 0.717) is 12.2 Å². The first-order valence-corrected chi connectivity index (χ1v) is 6.81. The second-order valence-corrected chi connectivity index (χ2v) is 6.13. The van der Waals surface area contributed by atoms with Crippen LogP contribution in [0.3, 0.4) is 0 Å². The molecule has 0 unspecified atom stereocenters. The molecule has 2 rings (SSSR count). The zero-order chi connectivity index (χ0) is 13.0. The van der Waals surface area contributed by atoms with Crippen LogP contribution < -0.4 is 0 Å². The fourth-order valence-corrected chi connectivity index (χ4v) is 2.80. The van der Waals surface area contributed by atoms with Gasteiger partial charge >= 0.3 is 0 Å². The third-order valence-electron chi connectivity index (χ3n) is 3.53. The van der Waals surface area contributed by atoms with E-state index in [9.17, 15) is 4.79 Å². The molecule has 0 aromatic heterocycles. The minimum absolute atomic E-state index is 0.161. The summed E-state index contributed by atoms with van der Waals surface area (Å²) in [5.41, 5.74) is 2.89. The molecule has 0 saturated heterocycles.